The molecule has 0 aromatic heterocycles. The lowest BCUT2D eigenvalue weighted by atomic mass is 10.2. The summed E-state index contributed by atoms with van der Waals surface area (Å²) >= 11 is 3.23. The van der Waals surface area contributed by atoms with Gasteiger partial charge >= 0.3 is 10.2 Å². The molecule has 0 radical (unpaired) electrons. The Bertz CT molecular complexity index is 440. The van der Waals surface area contributed by atoms with Gasteiger partial charge in [0.2, 0.25) is 0 Å². The maximum Gasteiger partial charge on any atom is 0.332 e. The number of hydrogen-bond donors (Lipinski definition) is 0. The van der Waals surface area contributed by atoms with Gasteiger partial charge in [0.15, 0.2) is 0 Å². The van der Waals surface area contributed by atoms with E-state index in [9.17, 15) is 12.3 Å². The lowest BCUT2D eigenvalue weighted by Crippen LogP contribution is -1.96. The van der Waals surface area contributed by atoms with E-state index in [1.54, 1.807) is 19.9 Å². The van der Waals surface area contributed by atoms with Crippen LogP contribution >= 0.6 is 15.9 Å². The molecule has 1 rings (SSSR count). The minimum atomic E-state index is -4.59. The van der Waals surface area contributed by atoms with Crippen molar-refractivity contribution < 1.29 is 12.3 Å². The largest absolute Gasteiger partial charge is 0.332 e. The Balaban J connectivity index is 3.50. The Morgan fingerprint density at radius 1 is 1.23 bits per heavy atom. The first kappa shape index (κ1) is 10.7. The molecule has 0 aliphatic rings. The minimum absolute atomic E-state index is 0.256. The topological polar surface area (TPSA) is 34.1 Å². The van der Waals surface area contributed by atoms with Crippen LogP contribution in [0.1, 0.15) is 11.1 Å². The number of aryl methyl sites for hydroxylation is 2. The smallest absolute Gasteiger partial charge is 0.189 e. The number of halogens is 2. The van der Waals surface area contributed by atoms with Gasteiger partial charge in [-0.2, -0.15) is 8.42 Å². The fourth-order valence-corrected chi connectivity index (χ4v) is 2.24. The van der Waals surface area contributed by atoms with E-state index in [-0.39, 0.29) is 4.90 Å². The zero-order valence-corrected chi connectivity index (χ0v) is 9.54. The van der Waals surface area contributed by atoms with Crippen LogP contribution in [0, 0.1) is 13.8 Å². The predicted octanol–water partition coefficient (Wildman–Crippen LogP) is 2.72. The molecule has 72 valence electrons. The van der Waals surface area contributed by atoms with Crippen LogP contribution in [-0.2, 0) is 10.2 Å². The highest BCUT2D eigenvalue weighted by Crippen LogP contribution is 2.25. The summed E-state index contributed by atoms with van der Waals surface area (Å²) in [5, 5.41) is 0. The lowest BCUT2D eigenvalue weighted by molar-refractivity contribution is 0.551. The molecule has 13 heavy (non-hydrogen) atoms. The van der Waals surface area contributed by atoms with E-state index < -0.39 is 10.2 Å². The van der Waals surface area contributed by atoms with Gasteiger partial charge in [0.25, 0.3) is 0 Å². The average molecular weight is 267 g/mol. The van der Waals surface area contributed by atoms with Crippen LogP contribution in [0.4, 0.5) is 3.89 Å². The Kier molecular flexibility index (Phi) is 2.77. The molecule has 5 heteroatoms. The van der Waals surface area contributed by atoms with E-state index in [1.807, 2.05) is 0 Å². The van der Waals surface area contributed by atoms with Gasteiger partial charge < -0.3 is 0 Å². The van der Waals surface area contributed by atoms with Crippen LogP contribution in [0.3, 0.4) is 0 Å². The zero-order chi connectivity index (χ0) is 10.2. The van der Waals surface area contributed by atoms with Crippen molar-refractivity contribution in [2.75, 3.05) is 0 Å². The number of hydrogen-bond acceptors (Lipinski definition) is 2. The molecule has 0 saturated heterocycles. The molecule has 2 nitrogen and oxygen atoms in total. The second-order valence-corrected chi connectivity index (χ2v) is 4.97. The standard InChI is InChI=1S/C8H8BrFO2S/c1-5-4-8(13(10,11)12)6(2)3-7(5)9/h3-4H,1-2H3. The van der Waals surface area contributed by atoms with E-state index in [0.29, 0.717) is 11.1 Å². The average Bonchev–Trinajstić information content (AvgIpc) is 1.94. The van der Waals surface area contributed by atoms with Crippen LogP contribution in [0.15, 0.2) is 21.5 Å². The summed E-state index contributed by atoms with van der Waals surface area (Å²) in [6.07, 6.45) is 0. The SMILES string of the molecule is Cc1cc(S(=O)(=O)F)c(C)cc1Br. The van der Waals surface area contributed by atoms with Crippen LogP contribution in [0.2, 0.25) is 0 Å². The van der Waals surface area contributed by atoms with Crippen molar-refractivity contribution >= 4 is 26.2 Å². The zero-order valence-electron chi connectivity index (χ0n) is 7.14. The van der Waals surface area contributed by atoms with Crippen molar-refractivity contribution in [3.8, 4) is 0 Å². The van der Waals surface area contributed by atoms with Crippen molar-refractivity contribution in [3.05, 3.63) is 27.7 Å². The normalized spacial score (nSPS) is 11.7. The molecule has 0 fully saturated rings. The Labute approximate surface area is 85.1 Å². The molecule has 0 aliphatic heterocycles. The monoisotopic (exact) mass is 266 g/mol. The van der Waals surface area contributed by atoms with E-state index >= 15 is 0 Å². The molecule has 0 bridgehead atoms. The van der Waals surface area contributed by atoms with Crippen LogP contribution in [-0.4, -0.2) is 8.42 Å². The molecule has 1 aromatic carbocycles. The van der Waals surface area contributed by atoms with Gasteiger partial charge in [-0.1, -0.05) is 15.9 Å². The molecular formula is C8H8BrFO2S. The summed E-state index contributed by atoms with van der Waals surface area (Å²) in [7, 11) is -4.59. The molecule has 0 N–H and O–H groups in total. The van der Waals surface area contributed by atoms with E-state index in [4.69, 9.17) is 0 Å². The number of rotatable bonds is 1. The second-order valence-electron chi connectivity index (χ2n) is 2.80. The summed E-state index contributed by atoms with van der Waals surface area (Å²) in [6.45, 7) is 3.26. The summed E-state index contributed by atoms with van der Waals surface area (Å²) in [5.74, 6) is 0. The van der Waals surface area contributed by atoms with Gasteiger partial charge in [-0.15, -0.1) is 3.89 Å². The van der Waals surface area contributed by atoms with Gasteiger partial charge in [-0.25, -0.2) is 0 Å². The molecule has 0 atom stereocenters. The van der Waals surface area contributed by atoms with Crippen LogP contribution in [0.25, 0.3) is 0 Å². The van der Waals surface area contributed by atoms with E-state index in [2.05, 4.69) is 15.9 Å². The fraction of sp³-hybridized carbons (Fsp3) is 0.250. The highest BCUT2D eigenvalue weighted by atomic mass is 79.9. The van der Waals surface area contributed by atoms with Gasteiger partial charge in [-0.3, -0.25) is 0 Å². The third kappa shape index (κ3) is 2.28. The molecular weight excluding hydrogens is 259 g/mol. The first-order chi connectivity index (χ1) is 5.82. The van der Waals surface area contributed by atoms with Gasteiger partial charge in [0, 0.05) is 4.47 Å². The third-order valence-corrected chi connectivity index (χ3v) is 3.54. The Morgan fingerprint density at radius 3 is 2.23 bits per heavy atom. The maximum atomic E-state index is 12.7. The summed E-state index contributed by atoms with van der Waals surface area (Å²) in [6, 6.07) is 2.90. The van der Waals surface area contributed by atoms with Crippen LogP contribution < -0.4 is 0 Å². The van der Waals surface area contributed by atoms with Crippen molar-refractivity contribution in [1.29, 1.82) is 0 Å². The molecule has 0 aliphatic carbocycles. The van der Waals surface area contributed by atoms with E-state index in [0.717, 1.165) is 4.47 Å². The number of benzene rings is 1. The predicted molar refractivity (Wildman–Crippen MR) is 51.9 cm³/mol. The molecule has 1 aromatic rings. The Morgan fingerprint density at radius 2 is 1.77 bits per heavy atom. The second kappa shape index (κ2) is 3.38. The minimum Gasteiger partial charge on any atom is -0.189 e. The van der Waals surface area contributed by atoms with Gasteiger partial charge in [-0.05, 0) is 37.1 Å². The Hall–Kier alpha value is -0.420. The highest BCUT2D eigenvalue weighted by Gasteiger charge is 2.16. The van der Waals surface area contributed by atoms with E-state index in [1.165, 1.54) is 6.07 Å². The molecule has 0 heterocycles. The van der Waals surface area contributed by atoms with Crippen molar-refractivity contribution in [2.24, 2.45) is 0 Å². The molecule has 0 saturated carbocycles. The van der Waals surface area contributed by atoms with Gasteiger partial charge in [0.1, 0.15) is 4.90 Å². The lowest BCUT2D eigenvalue weighted by Gasteiger charge is -2.04. The first-order valence-corrected chi connectivity index (χ1v) is 5.71. The molecule has 0 spiro atoms. The third-order valence-electron chi connectivity index (χ3n) is 1.72. The van der Waals surface area contributed by atoms with Crippen molar-refractivity contribution in [2.45, 2.75) is 18.7 Å². The fourth-order valence-electron chi connectivity index (χ4n) is 1.02. The quantitative estimate of drug-likeness (QED) is 0.733. The summed E-state index contributed by atoms with van der Waals surface area (Å²) < 4.78 is 34.7. The molecule has 0 unspecified atom stereocenters. The highest BCUT2D eigenvalue weighted by molar-refractivity contribution is 9.10. The van der Waals surface area contributed by atoms with Crippen molar-refractivity contribution in [1.82, 2.24) is 0 Å². The maximum absolute atomic E-state index is 12.7. The van der Waals surface area contributed by atoms with Gasteiger partial charge in [0.05, 0.1) is 0 Å². The molecule has 0 amide bonds. The summed E-state index contributed by atoms with van der Waals surface area (Å²) in [5.41, 5.74) is 1.10. The summed E-state index contributed by atoms with van der Waals surface area (Å²) in [4.78, 5) is -0.256. The van der Waals surface area contributed by atoms with Crippen LogP contribution in [0.5, 0.6) is 0 Å². The van der Waals surface area contributed by atoms with Crippen molar-refractivity contribution in [3.63, 3.8) is 0 Å². The first-order valence-electron chi connectivity index (χ1n) is 3.54.